The van der Waals surface area contributed by atoms with Crippen molar-refractivity contribution in [1.82, 2.24) is 10.3 Å². The van der Waals surface area contributed by atoms with Gasteiger partial charge in [0.2, 0.25) is 0 Å². The van der Waals surface area contributed by atoms with Crippen LogP contribution >= 0.6 is 23.2 Å². The molecule has 1 aromatic carbocycles. The molecule has 0 saturated heterocycles. The number of nitrogens with one attached hydrogen (secondary N) is 2. The smallest absolute Gasteiger partial charge is 0.257 e. The Morgan fingerprint density at radius 3 is 2.52 bits per heavy atom. The maximum absolute atomic E-state index is 12.2. The Balaban J connectivity index is 2.32. The van der Waals surface area contributed by atoms with Crippen molar-refractivity contribution in [2.75, 3.05) is 12.4 Å². The van der Waals surface area contributed by atoms with Gasteiger partial charge in [-0.2, -0.15) is 0 Å². The number of anilines is 1. The summed E-state index contributed by atoms with van der Waals surface area (Å²) >= 11 is 11.7. The number of carbonyl (C=O) groups excluding carboxylic acids is 2. The molecule has 0 atom stereocenters. The van der Waals surface area contributed by atoms with E-state index in [4.69, 9.17) is 23.2 Å². The number of benzene rings is 1. The number of halogens is 2. The largest absolute Gasteiger partial charge is 0.355 e. The van der Waals surface area contributed by atoms with E-state index in [0.717, 1.165) is 0 Å². The van der Waals surface area contributed by atoms with E-state index in [-0.39, 0.29) is 21.6 Å². The minimum Gasteiger partial charge on any atom is -0.355 e. The number of aromatic nitrogens is 1. The Kier molecular flexibility index (Phi) is 4.77. The third kappa shape index (κ3) is 3.51. The molecule has 2 rings (SSSR count). The van der Waals surface area contributed by atoms with Crippen molar-refractivity contribution in [2.24, 2.45) is 0 Å². The Morgan fingerprint density at radius 2 is 1.81 bits per heavy atom. The van der Waals surface area contributed by atoms with Crippen molar-refractivity contribution in [1.29, 1.82) is 0 Å². The van der Waals surface area contributed by atoms with E-state index in [2.05, 4.69) is 15.6 Å². The quantitative estimate of drug-likeness (QED) is 0.853. The average molecular weight is 324 g/mol. The topological polar surface area (TPSA) is 71.1 Å². The summed E-state index contributed by atoms with van der Waals surface area (Å²) in [5.41, 5.74) is 0.916. The van der Waals surface area contributed by atoms with Crippen LogP contribution in [0.2, 0.25) is 10.2 Å². The summed E-state index contributed by atoms with van der Waals surface area (Å²) in [7, 11) is 1.51. The van der Waals surface area contributed by atoms with Crippen molar-refractivity contribution in [3.63, 3.8) is 0 Å². The molecule has 2 N–H and O–H groups in total. The predicted octanol–water partition coefficient (Wildman–Crippen LogP) is 3.00. The van der Waals surface area contributed by atoms with E-state index in [1.807, 2.05) is 0 Å². The molecule has 0 radical (unpaired) electrons. The second kappa shape index (κ2) is 6.56. The van der Waals surface area contributed by atoms with Gasteiger partial charge < -0.3 is 10.6 Å². The summed E-state index contributed by atoms with van der Waals surface area (Å²) in [6.45, 7) is 0. The molecule has 1 aromatic heterocycles. The van der Waals surface area contributed by atoms with E-state index in [1.165, 1.54) is 19.3 Å². The van der Waals surface area contributed by atoms with E-state index in [9.17, 15) is 9.59 Å². The van der Waals surface area contributed by atoms with Gasteiger partial charge in [-0.25, -0.2) is 4.98 Å². The van der Waals surface area contributed by atoms with Crippen LogP contribution in [0.4, 0.5) is 5.69 Å². The number of pyridine rings is 1. The Hall–Kier alpha value is -2.11. The van der Waals surface area contributed by atoms with Gasteiger partial charge in [0, 0.05) is 13.2 Å². The van der Waals surface area contributed by atoms with Crippen LogP contribution in [0.1, 0.15) is 20.7 Å². The van der Waals surface area contributed by atoms with Gasteiger partial charge >= 0.3 is 0 Å². The minimum atomic E-state index is -0.472. The molecule has 0 aliphatic heterocycles. The SMILES string of the molecule is CNC(=O)c1ccccc1NC(=O)c1cc(Cl)ncc1Cl. The number of para-hydroxylation sites is 1. The lowest BCUT2D eigenvalue weighted by Gasteiger charge is -2.10. The monoisotopic (exact) mass is 323 g/mol. The van der Waals surface area contributed by atoms with Crippen LogP contribution in [0.3, 0.4) is 0 Å². The number of nitrogens with zero attached hydrogens (tertiary/aromatic N) is 1. The first-order chi connectivity index (χ1) is 10.0. The summed E-state index contributed by atoms with van der Waals surface area (Å²) in [4.78, 5) is 27.8. The maximum atomic E-state index is 12.2. The lowest BCUT2D eigenvalue weighted by atomic mass is 10.1. The molecule has 0 aliphatic rings. The highest BCUT2D eigenvalue weighted by atomic mass is 35.5. The molecule has 2 amide bonds. The minimum absolute atomic E-state index is 0.157. The lowest BCUT2D eigenvalue weighted by molar-refractivity contribution is 0.0964. The first-order valence-electron chi connectivity index (χ1n) is 5.96. The fourth-order valence-corrected chi connectivity index (χ4v) is 2.05. The van der Waals surface area contributed by atoms with Crippen molar-refractivity contribution < 1.29 is 9.59 Å². The summed E-state index contributed by atoms with van der Waals surface area (Å²) in [6, 6.07) is 8.01. The van der Waals surface area contributed by atoms with Crippen molar-refractivity contribution in [2.45, 2.75) is 0 Å². The normalized spacial score (nSPS) is 10.0. The first kappa shape index (κ1) is 15.3. The fraction of sp³-hybridized carbons (Fsp3) is 0.0714. The summed E-state index contributed by atoms with van der Waals surface area (Å²) in [5, 5.41) is 5.48. The van der Waals surface area contributed by atoms with Gasteiger partial charge in [-0.05, 0) is 18.2 Å². The summed E-state index contributed by atoms with van der Waals surface area (Å²) in [6.07, 6.45) is 1.30. The number of rotatable bonds is 3. The molecule has 21 heavy (non-hydrogen) atoms. The van der Waals surface area contributed by atoms with Gasteiger partial charge in [0.1, 0.15) is 5.15 Å². The molecule has 108 valence electrons. The van der Waals surface area contributed by atoms with Crippen LogP contribution in [0.25, 0.3) is 0 Å². The number of hydrogen-bond donors (Lipinski definition) is 2. The first-order valence-corrected chi connectivity index (χ1v) is 6.72. The number of amides is 2. The standard InChI is InChI=1S/C14H11Cl2N3O2/c1-17-13(20)8-4-2-3-5-11(8)19-14(21)9-6-12(16)18-7-10(9)15/h2-7H,1H3,(H,17,20)(H,19,21). The van der Waals surface area contributed by atoms with E-state index < -0.39 is 5.91 Å². The fourth-order valence-electron chi connectivity index (χ4n) is 1.70. The average Bonchev–Trinajstić information content (AvgIpc) is 2.49. The highest BCUT2D eigenvalue weighted by molar-refractivity contribution is 6.35. The van der Waals surface area contributed by atoms with Crippen LogP contribution in [0.15, 0.2) is 36.5 Å². The maximum Gasteiger partial charge on any atom is 0.257 e. The van der Waals surface area contributed by atoms with Gasteiger partial charge in [0.25, 0.3) is 11.8 Å². The van der Waals surface area contributed by atoms with Crippen LogP contribution < -0.4 is 10.6 Å². The van der Waals surface area contributed by atoms with Crippen molar-refractivity contribution >= 4 is 40.7 Å². The zero-order valence-corrected chi connectivity index (χ0v) is 12.5. The van der Waals surface area contributed by atoms with Gasteiger partial charge in [0.05, 0.1) is 21.8 Å². The molecule has 7 heteroatoms. The second-order valence-corrected chi connectivity index (χ2v) is 4.86. The molecule has 2 aromatic rings. The zero-order valence-electron chi connectivity index (χ0n) is 11.0. The Bertz CT molecular complexity index is 704. The van der Waals surface area contributed by atoms with Gasteiger partial charge in [0.15, 0.2) is 0 Å². The molecule has 0 spiro atoms. The molecule has 0 unspecified atom stereocenters. The Morgan fingerprint density at radius 1 is 1.10 bits per heavy atom. The molecule has 0 fully saturated rings. The highest BCUT2D eigenvalue weighted by Crippen LogP contribution is 2.21. The van der Waals surface area contributed by atoms with Crippen LogP contribution in [0.5, 0.6) is 0 Å². The zero-order chi connectivity index (χ0) is 15.4. The predicted molar refractivity (Wildman–Crippen MR) is 82.0 cm³/mol. The van der Waals surface area contributed by atoms with Crippen molar-refractivity contribution in [3.05, 3.63) is 57.8 Å². The lowest BCUT2D eigenvalue weighted by Crippen LogP contribution is -2.21. The molecule has 0 saturated carbocycles. The van der Waals surface area contributed by atoms with Crippen LogP contribution in [-0.4, -0.2) is 23.8 Å². The van der Waals surface area contributed by atoms with E-state index in [0.29, 0.717) is 11.3 Å². The van der Waals surface area contributed by atoms with Crippen molar-refractivity contribution in [3.8, 4) is 0 Å². The molecular formula is C14H11Cl2N3O2. The van der Waals surface area contributed by atoms with E-state index in [1.54, 1.807) is 24.3 Å². The molecule has 0 aliphatic carbocycles. The number of hydrogen-bond acceptors (Lipinski definition) is 3. The van der Waals surface area contributed by atoms with Gasteiger partial charge in [-0.3, -0.25) is 9.59 Å². The Labute approximate surface area is 131 Å². The number of carbonyl (C=O) groups is 2. The van der Waals surface area contributed by atoms with Gasteiger partial charge in [-0.1, -0.05) is 35.3 Å². The third-order valence-electron chi connectivity index (χ3n) is 2.71. The molecule has 1 heterocycles. The van der Waals surface area contributed by atoms with E-state index >= 15 is 0 Å². The molecular weight excluding hydrogens is 313 g/mol. The molecule has 0 bridgehead atoms. The highest BCUT2D eigenvalue weighted by Gasteiger charge is 2.15. The third-order valence-corrected chi connectivity index (χ3v) is 3.22. The second-order valence-electron chi connectivity index (χ2n) is 4.07. The van der Waals surface area contributed by atoms with Crippen LogP contribution in [-0.2, 0) is 0 Å². The van der Waals surface area contributed by atoms with Gasteiger partial charge in [-0.15, -0.1) is 0 Å². The summed E-state index contributed by atoms with van der Waals surface area (Å²) in [5.74, 6) is -0.773. The molecule has 5 nitrogen and oxygen atoms in total. The van der Waals surface area contributed by atoms with Crippen LogP contribution in [0, 0.1) is 0 Å². The summed E-state index contributed by atoms with van der Waals surface area (Å²) < 4.78 is 0.